The van der Waals surface area contributed by atoms with E-state index in [0.29, 0.717) is 5.02 Å². The van der Waals surface area contributed by atoms with Crippen LogP contribution in [0.25, 0.3) is 11.4 Å². The predicted molar refractivity (Wildman–Crippen MR) is 78.8 cm³/mol. The van der Waals surface area contributed by atoms with Gasteiger partial charge < -0.3 is 5.32 Å². The predicted octanol–water partition coefficient (Wildman–Crippen LogP) is 3.35. The van der Waals surface area contributed by atoms with Crippen LogP contribution < -0.4 is 5.32 Å². The Labute approximate surface area is 118 Å². The lowest BCUT2D eigenvalue weighted by Gasteiger charge is -2.10. The summed E-state index contributed by atoms with van der Waals surface area (Å²) < 4.78 is 3.83. The fraction of sp³-hybridized carbons (Fsp3) is 0.538. The summed E-state index contributed by atoms with van der Waals surface area (Å²) in [7, 11) is 1.85. The first-order chi connectivity index (χ1) is 9.01. The molecule has 0 unspecified atom stereocenters. The fourth-order valence-electron chi connectivity index (χ4n) is 2.19. The third-order valence-corrected chi connectivity index (χ3v) is 3.48. The van der Waals surface area contributed by atoms with Crippen molar-refractivity contribution in [2.45, 2.75) is 40.3 Å². The molecule has 0 saturated heterocycles. The molecule has 2 aromatic heterocycles. The Morgan fingerprint density at radius 3 is 2.58 bits per heavy atom. The van der Waals surface area contributed by atoms with Gasteiger partial charge in [0.25, 0.3) is 0 Å². The molecule has 1 N–H and O–H groups in total. The van der Waals surface area contributed by atoms with Crippen molar-refractivity contribution < 1.29 is 0 Å². The van der Waals surface area contributed by atoms with Gasteiger partial charge in [-0.25, -0.2) is 4.68 Å². The molecule has 0 aromatic carbocycles. The molecule has 0 radical (unpaired) electrons. The molecule has 0 amide bonds. The van der Waals surface area contributed by atoms with Crippen molar-refractivity contribution >= 4 is 17.4 Å². The van der Waals surface area contributed by atoms with Crippen molar-refractivity contribution in [1.82, 2.24) is 19.6 Å². The minimum atomic E-state index is 0.268. The van der Waals surface area contributed by atoms with E-state index in [0.717, 1.165) is 29.3 Å². The van der Waals surface area contributed by atoms with Gasteiger partial charge in [0.1, 0.15) is 16.5 Å². The summed E-state index contributed by atoms with van der Waals surface area (Å²) in [5.41, 5.74) is 2.86. The number of hydrogen-bond donors (Lipinski definition) is 1. The van der Waals surface area contributed by atoms with Crippen molar-refractivity contribution in [3.8, 4) is 11.4 Å². The van der Waals surface area contributed by atoms with E-state index >= 15 is 0 Å². The Hall–Kier alpha value is -1.49. The number of nitrogens with zero attached hydrogens (tertiary/aromatic N) is 4. The monoisotopic (exact) mass is 281 g/mol. The van der Waals surface area contributed by atoms with Gasteiger partial charge in [-0.05, 0) is 33.3 Å². The van der Waals surface area contributed by atoms with E-state index in [9.17, 15) is 0 Å². The van der Waals surface area contributed by atoms with E-state index < -0.39 is 0 Å². The van der Waals surface area contributed by atoms with Gasteiger partial charge in [-0.1, -0.05) is 11.6 Å². The maximum absolute atomic E-state index is 6.46. The molecule has 0 bridgehead atoms. The van der Waals surface area contributed by atoms with Gasteiger partial charge in [0, 0.05) is 19.6 Å². The molecule has 2 heterocycles. The van der Waals surface area contributed by atoms with Crippen LogP contribution in [-0.4, -0.2) is 26.6 Å². The first-order valence-electron chi connectivity index (χ1n) is 6.49. The Kier molecular flexibility index (Phi) is 3.85. The Morgan fingerprint density at radius 2 is 2.11 bits per heavy atom. The molecular weight excluding hydrogens is 262 g/mol. The molecule has 0 aliphatic rings. The minimum Gasteiger partial charge on any atom is -0.372 e. The quantitative estimate of drug-likeness (QED) is 0.935. The van der Waals surface area contributed by atoms with Crippen LogP contribution in [0.15, 0.2) is 6.20 Å². The lowest BCUT2D eigenvalue weighted by atomic mass is 10.2. The van der Waals surface area contributed by atoms with Crippen molar-refractivity contribution in [3.05, 3.63) is 16.8 Å². The topological polar surface area (TPSA) is 47.7 Å². The molecule has 0 atom stereocenters. The number of aromatic nitrogens is 4. The van der Waals surface area contributed by atoms with Crippen molar-refractivity contribution in [2.75, 3.05) is 12.4 Å². The summed E-state index contributed by atoms with van der Waals surface area (Å²) in [6.07, 6.45) is 1.86. The summed E-state index contributed by atoms with van der Waals surface area (Å²) in [6, 6.07) is 0.268. The van der Waals surface area contributed by atoms with Crippen LogP contribution in [0.3, 0.4) is 0 Å². The molecule has 2 rings (SSSR count). The van der Waals surface area contributed by atoms with Gasteiger partial charge in [0.2, 0.25) is 0 Å². The number of aryl methyl sites for hydroxylation is 2. The molecule has 19 heavy (non-hydrogen) atoms. The standard InChI is InChI=1S/C13H20ClN5/c1-6-18-13(15-5)10(14)11(17-18)12-9(4)7-16-19(12)8(2)3/h7-8,15H,6H2,1-5H3. The summed E-state index contributed by atoms with van der Waals surface area (Å²) >= 11 is 6.46. The van der Waals surface area contributed by atoms with Crippen molar-refractivity contribution in [1.29, 1.82) is 0 Å². The highest BCUT2D eigenvalue weighted by Gasteiger charge is 2.22. The van der Waals surface area contributed by atoms with Gasteiger partial charge in [-0.15, -0.1) is 0 Å². The molecule has 0 aliphatic heterocycles. The summed E-state index contributed by atoms with van der Waals surface area (Å²) in [5.74, 6) is 0.843. The Morgan fingerprint density at radius 1 is 1.42 bits per heavy atom. The highest BCUT2D eigenvalue weighted by molar-refractivity contribution is 6.35. The maximum atomic E-state index is 6.46. The van der Waals surface area contributed by atoms with Gasteiger partial charge >= 0.3 is 0 Å². The number of nitrogens with one attached hydrogen (secondary N) is 1. The summed E-state index contributed by atoms with van der Waals surface area (Å²) in [4.78, 5) is 0. The molecule has 0 spiro atoms. The van der Waals surface area contributed by atoms with E-state index in [1.165, 1.54) is 0 Å². The number of anilines is 1. The molecular formula is C13H20ClN5. The Balaban J connectivity index is 2.66. The fourth-order valence-corrected chi connectivity index (χ4v) is 2.51. The highest BCUT2D eigenvalue weighted by Crippen LogP contribution is 2.35. The largest absolute Gasteiger partial charge is 0.372 e. The first kappa shape index (κ1) is 13.9. The van der Waals surface area contributed by atoms with Crippen LogP contribution in [0.1, 0.15) is 32.4 Å². The smallest absolute Gasteiger partial charge is 0.143 e. The highest BCUT2D eigenvalue weighted by atomic mass is 35.5. The molecule has 0 aliphatic carbocycles. The summed E-state index contributed by atoms with van der Waals surface area (Å²) in [5, 5.41) is 12.8. The lowest BCUT2D eigenvalue weighted by molar-refractivity contribution is 0.536. The average molecular weight is 282 g/mol. The SMILES string of the molecule is CCn1nc(-c2c(C)cnn2C(C)C)c(Cl)c1NC. The first-order valence-corrected chi connectivity index (χ1v) is 6.87. The summed E-state index contributed by atoms with van der Waals surface area (Å²) in [6.45, 7) is 9.03. The van der Waals surface area contributed by atoms with Crippen LogP contribution >= 0.6 is 11.6 Å². The maximum Gasteiger partial charge on any atom is 0.143 e. The van der Waals surface area contributed by atoms with Gasteiger partial charge in [0.15, 0.2) is 0 Å². The number of rotatable bonds is 4. The second kappa shape index (κ2) is 5.25. The number of halogens is 1. The van der Waals surface area contributed by atoms with Crippen molar-refractivity contribution in [2.24, 2.45) is 0 Å². The molecule has 2 aromatic rings. The third kappa shape index (κ3) is 2.23. The molecule has 0 saturated carbocycles. The Bertz CT molecular complexity index is 582. The van der Waals surface area contributed by atoms with Crippen LogP contribution in [0, 0.1) is 6.92 Å². The second-order valence-corrected chi connectivity index (χ2v) is 5.17. The molecule has 5 nitrogen and oxygen atoms in total. The molecule has 6 heteroatoms. The molecule has 104 valence electrons. The third-order valence-electron chi connectivity index (χ3n) is 3.12. The van der Waals surface area contributed by atoms with E-state index in [1.807, 2.05) is 36.5 Å². The normalized spacial score (nSPS) is 11.3. The average Bonchev–Trinajstić information content (AvgIpc) is 2.89. The van der Waals surface area contributed by atoms with E-state index in [-0.39, 0.29) is 6.04 Å². The van der Waals surface area contributed by atoms with E-state index in [4.69, 9.17) is 11.6 Å². The van der Waals surface area contributed by atoms with Crippen LogP contribution in [0.5, 0.6) is 0 Å². The van der Waals surface area contributed by atoms with Gasteiger partial charge in [-0.3, -0.25) is 4.68 Å². The van der Waals surface area contributed by atoms with Crippen molar-refractivity contribution in [3.63, 3.8) is 0 Å². The zero-order valence-electron chi connectivity index (χ0n) is 12.0. The van der Waals surface area contributed by atoms with Gasteiger partial charge in [0.05, 0.1) is 11.9 Å². The van der Waals surface area contributed by atoms with E-state index in [2.05, 4.69) is 29.4 Å². The zero-order valence-corrected chi connectivity index (χ0v) is 12.8. The van der Waals surface area contributed by atoms with Crippen LogP contribution in [-0.2, 0) is 6.54 Å². The van der Waals surface area contributed by atoms with Crippen LogP contribution in [0.2, 0.25) is 5.02 Å². The molecule has 0 fully saturated rings. The van der Waals surface area contributed by atoms with Gasteiger partial charge in [-0.2, -0.15) is 10.2 Å². The zero-order chi connectivity index (χ0) is 14.2. The minimum absolute atomic E-state index is 0.268. The lowest BCUT2D eigenvalue weighted by Crippen LogP contribution is -2.06. The second-order valence-electron chi connectivity index (χ2n) is 4.79. The van der Waals surface area contributed by atoms with Crippen LogP contribution in [0.4, 0.5) is 5.82 Å². The van der Waals surface area contributed by atoms with E-state index in [1.54, 1.807) is 0 Å². The number of hydrogen-bond acceptors (Lipinski definition) is 3.